The zero-order valence-electron chi connectivity index (χ0n) is 14.0. The molecular formula is C17H17N5O3S. The van der Waals surface area contributed by atoms with Gasteiger partial charge in [-0.25, -0.2) is 4.79 Å². The molecule has 3 rings (SSSR count). The molecule has 0 saturated heterocycles. The normalized spacial score (nSPS) is 10.5. The standard InChI is InChI=1S/C17H17N5O3S/c1-18-16(24)19-14(23)11-26-17-21-20-15(12-6-3-2-4-7-12)22(17)10-13-8-5-9-25-13/h2-9H,10-11H2,1H3,(H2,18,19,23,24). The summed E-state index contributed by atoms with van der Waals surface area (Å²) in [5.41, 5.74) is 0.910. The fourth-order valence-corrected chi connectivity index (χ4v) is 2.99. The Labute approximate surface area is 154 Å². The van der Waals surface area contributed by atoms with E-state index in [1.165, 1.54) is 18.8 Å². The fraction of sp³-hybridized carbons (Fsp3) is 0.176. The van der Waals surface area contributed by atoms with Crippen LogP contribution in [0.5, 0.6) is 0 Å². The molecule has 0 bridgehead atoms. The van der Waals surface area contributed by atoms with Gasteiger partial charge in [-0.2, -0.15) is 0 Å². The molecule has 0 aliphatic carbocycles. The average Bonchev–Trinajstić information content (AvgIpc) is 3.31. The van der Waals surface area contributed by atoms with Gasteiger partial charge in [0, 0.05) is 12.6 Å². The minimum absolute atomic E-state index is 0.0402. The number of nitrogens with one attached hydrogen (secondary N) is 2. The number of carbonyl (C=O) groups excluding carboxylic acids is 2. The molecule has 9 heteroatoms. The third kappa shape index (κ3) is 4.31. The van der Waals surface area contributed by atoms with E-state index in [0.717, 1.165) is 11.3 Å². The summed E-state index contributed by atoms with van der Waals surface area (Å²) in [5.74, 6) is 1.05. The molecule has 2 heterocycles. The Kier molecular flexibility index (Phi) is 5.69. The molecule has 0 aliphatic rings. The van der Waals surface area contributed by atoms with Crippen LogP contribution in [0.1, 0.15) is 5.76 Å². The van der Waals surface area contributed by atoms with Crippen LogP contribution in [0.15, 0.2) is 58.3 Å². The van der Waals surface area contributed by atoms with Crippen LogP contribution < -0.4 is 10.6 Å². The highest BCUT2D eigenvalue weighted by Gasteiger charge is 2.17. The van der Waals surface area contributed by atoms with Crippen molar-refractivity contribution in [3.8, 4) is 11.4 Å². The van der Waals surface area contributed by atoms with Crippen molar-refractivity contribution in [1.29, 1.82) is 0 Å². The van der Waals surface area contributed by atoms with E-state index in [0.29, 0.717) is 17.5 Å². The van der Waals surface area contributed by atoms with E-state index in [1.54, 1.807) is 6.26 Å². The number of hydrogen-bond acceptors (Lipinski definition) is 6. The molecule has 0 spiro atoms. The molecule has 0 fully saturated rings. The van der Waals surface area contributed by atoms with E-state index >= 15 is 0 Å². The van der Waals surface area contributed by atoms with Crippen LogP contribution in [-0.2, 0) is 11.3 Å². The van der Waals surface area contributed by atoms with Gasteiger partial charge in [-0.1, -0.05) is 42.1 Å². The molecule has 2 aromatic heterocycles. The number of benzene rings is 1. The first-order valence-corrected chi connectivity index (χ1v) is 8.81. The zero-order valence-corrected chi connectivity index (χ0v) is 14.8. The summed E-state index contributed by atoms with van der Waals surface area (Å²) in [4.78, 5) is 23.0. The molecule has 0 atom stereocenters. The van der Waals surface area contributed by atoms with Gasteiger partial charge in [0.05, 0.1) is 18.6 Å². The number of imide groups is 1. The van der Waals surface area contributed by atoms with Crippen LogP contribution in [0, 0.1) is 0 Å². The smallest absolute Gasteiger partial charge is 0.321 e. The SMILES string of the molecule is CNC(=O)NC(=O)CSc1nnc(-c2ccccc2)n1Cc1ccco1. The lowest BCUT2D eigenvalue weighted by Crippen LogP contribution is -2.38. The lowest BCUT2D eigenvalue weighted by Gasteiger charge is -2.09. The molecule has 0 saturated carbocycles. The van der Waals surface area contributed by atoms with Gasteiger partial charge in [-0.3, -0.25) is 14.7 Å². The predicted octanol–water partition coefficient (Wildman–Crippen LogP) is 2.13. The highest BCUT2D eigenvalue weighted by molar-refractivity contribution is 7.99. The Morgan fingerprint density at radius 2 is 1.96 bits per heavy atom. The first-order chi connectivity index (χ1) is 12.7. The van der Waals surface area contributed by atoms with Crippen LogP contribution >= 0.6 is 11.8 Å². The Morgan fingerprint density at radius 3 is 2.65 bits per heavy atom. The Balaban J connectivity index is 1.82. The summed E-state index contributed by atoms with van der Waals surface area (Å²) in [5, 5.41) is 13.6. The van der Waals surface area contributed by atoms with Gasteiger partial charge in [-0.15, -0.1) is 10.2 Å². The van der Waals surface area contributed by atoms with Gasteiger partial charge in [0.2, 0.25) is 5.91 Å². The molecule has 134 valence electrons. The Hall–Kier alpha value is -3.07. The second-order valence-corrected chi connectivity index (χ2v) is 6.20. The van der Waals surface area contributed by atoms with Crippen molar-refractivity contribution in [2.24, 2.45) is 0 Å². The van der Waals surface area contributed by atoms with E-state index in [9.17, 15) is 9.59 Å². The lowest BCUT2D eigenvalue weighted by molar-refractivity contribution is -0.117. The van der Waals surface area contributed by atoms with E-state index in [-0.39, 0.29) is 5.75 Å². The molecule has 0 aliphatic heterocycles. The van der Waals surface area contributed by atoms with Crippen molar-refractivity contribution in [2.75, 3.05) is 12.8 Å². The van der Waals surface area contributed by atoms with Crippen molar-refractivity contribution in [3.63, 3.8) is 0 Å². The number of rotatable bonds is 6. The van der Waals surface area contributed by atoms with Crippen LogP contribution in [0.25, 0.3) is 11.4 Å². The minimum Gasteiger partial charge on any atom is -0.467 e. The Bertz CT molecular complexity index is 877. The topological polar surface area (TPSA) is 102 Å². The summed E-state index contributed by atoms with van der Waals surface area (Å²) in [6, 6.07) is 12.8. The van der Waals surface area contributed by atoms with E-state index in [1.807, 2.05) is 47.0 Å². The summed E-state index contributed by atoms with van der Waals surface area (Å²) in [6.45, 7) is 0.434. The van der Waals surface area contributed by atoms with E-state index in [2.05, 4.69) is 20.8 Å². The highest BCUT2D eigenvalue weighted by Crippen LogP contribution is 2.25. The van der Waals surface area contributed by atoms with Crippen molar-refractivity contribution in [2.45, 2.75) is 11.7 Å². The maximum atomic E-state index is 11.8. The van der Waals surface area contributed by atoms with Crippen LogP contribution in [0.3, 0.4) is 0 Å². The van der Waals surface area contributed by atoms with Crippen LogP contribution in [0.4, 0.5) is 4.79 Å². The second kappa shape index (κ2) is 8.34. The molecule has 26 heavy (non-hydrogen) atoms. The van der Waals surface area contributed by atoms with Gasteiger partial charge in [-0.05, 0) is 12.1 Å². The van der Waals surface area contributed by atoms with Crippen molar-refractivity contribution >= 4 is 23.7 Å². The number of hydrogen-bond donors (Lipinski definition) is 2. The highest BCUT2D eigenvalue weighted by atomic mass is 32.2. The molecule has 0 unspecified atom stereocenters. The molecule has 1 aromatic carbocycles. The third-order valence-electron chi connectivity index (χ3n) is 3.46. The number of furan rings is 1. The first kappa shape index (κ1) is 17.7. The number of urea groups is 1. The molecular weight excluding hydrogens is 354 g/mol. The molecule has 0 radical (unpaired) electrons. The monoisotopic (exact) mass is 371 g/mol. The van der Waals surface area contributed by atoms with Gasteiger partial charge < -0.3 is 9.73 Å². The largest absolute Gasteiger partial charge is 0.467 e. The summed E-state index contributed by atoms with van der Waals surface area (Å²) in [7, 11) is 1.45. The maximum Gasteiger partial charge on any atom is 0.321 e. The molecule has 3 aromatic rings. The molecule has 2 N–H and O–H groups in total. The third-order valence-corrected chi connectivity index (χ3v) is 4.42. The summed E-state index contributed by atoms with van der Waals surface area (Å²) < 4.78 is 7.31. The molecule has 8 nitrogen and oxygen atoms in total. The van der Waals surface area contributed by atoms with Crippen LogP contribution in [0.2, 0.25) is 0 Å². The van der Waals surface area contributed by atoms with E-state index < -0.39 is 11.9 Å². The van der Waals surface area contributed by atoms with Crippen molar-refractivity contribution < 1.29 is 14.0 Å². The molecule has 3 amide bonds. The lowest BCUT2D eigenvalue weighted by atomic mass is 10.2. The van der Waals surface area contributed by atoms with Gasteiger partial charge in [0.25, 0.3) is 0 Å². The van der Waals surface area contributed by atoms with E-state index in [4.69, 9.17) is 4.42 Å². The maximum absolute atomic E-state index is 11.8. The van der Waals surface area contributed by atoms with Crippen molar-refractivity contribution in [1.82, 2.24) is 25.4 Å². The van der Waals surface area contributed by atoms with Gasteiger partial charge in [0.15, 0.2) is 11.0 Å². The number of carbonyl (C=O) groups is 2. The number of thioether (sulfide) groups is 1. The van der Waals surface area contributed by atoms with Crippen molar-refractivity contribution in [3.05, 3.63) is 54.5 Å². The summed E-state index contributed by atoms with van der Waals surface area (Å²) >= 11 is 1.20. The number of amides is 3. The number of nitrogens with zero attached hydrogens (tertiary/aromatic N) is 3. The predicted molar refractivity (Wildman–Crippen MR) is 96.6 cm³/mol. The second-order valence-electron chi connectivity index (χ2n) is 5.25. The quantitative estimate of drug-likeness (QED) is 0.644. The zero-order chi connectivity index (χ0) is 18.4. The average molecular weight is 371 g/mol. The fourth-order valence-electron chi connectivity index (χ4n) is 2.25. The van der Waals surface area contributed by atoms with Gasteiger partial charge >= 0.3 is 6.03 Å². The van der Waals surface area contributed by atoms with Crippen LogP contribution in [-0.4, -0.2) is 39.5 Å². The Morgan fingerprint density at radius 1 is 1.15 bits per heavy atom. The minimum atomic E-state index is -0.544. The van der Waals surface area contributed by atoms with Gasteiger partial charge in [0.1, 0.15) is 5.76 Å². The first-order valence-electron chi connectivity index (χ1n) is 7.82. The number of aromatic nitrogens is 3. The summed E-state index contributed by atoms with van der Waals surface area (Å²) in [6.07, 6.45) is 1.60.